The minimum Gasteiger partial charge on any atom is -0.350 e. The average molecular weight is 313 g/mol. The molecule has 0 aliphatic rings. The molecule has 1 amide bonds. The largest absolute Gasteiger partial charge is 0.350 e. The number of hydrogen-bond acceptors (Lipinski definition) is 4. The van der Waals surface area contributed by atoms with Gasteiger partial charge in [0.2, 0.25) is 5.91 Å². The van der Waals surface area contributed by atoms with E-state index in [0.29, 0.717) is 16.8 Å². The van der Waals surface area contributed by atoms with E-state index in [2.05, 4.69) is 10.3 Å². The van der Waals surface area contributed by atoms with Crippen LogP contribution in [0.2, 0.25) is 0 Å². The zero-order chi connectivity index (χ0) is 15.5. The zero-order valence-electron chi connectivity index (χ0n) is 12.1. The van der Waals surface area contributed by atoms with Crippen LogP contribution in [-0.4, -0.2) is 15.5 Å². The summed E-state index contributed by atoms with van der Waals surface area (Å²) in [5.74, 6) is -0.207. The maximum absolute atomic E-state index is 12.2. The first-order valence-corrected chi connectivity index (χ1v) is 7.77. The van der Waals surface area contributed by atoms with Gasteiger partial charge >= 0.3 is 0 Å². The molecule has 0 aliphatic heterocycles. The van der Waals surface area contributed by atoms with Crippen LogP contribution in [0.5, 0.6) is 0 Å². The van der Waals surface area contributed by atoms with Gasteiger partial charge in [0, 0.05) is 6.54 Å². The van der Waals surface area contributed by atoms with Gasteiger partial charge in [-0.3, -0.25) is 14.2 Å². The summed E-state index contributed by atoms with van der Waals surface area (Å²) >= 11 is 1.41. The Hall–Kier alpha value is -2.47. The molecule has 0 radical (unpaired) electrons. The molecule has 3 rings (SSSR count). The van der Waals surface area contributed by atoms with Crippen molar-refractivity contribution in [3.05, 3.63) is 63.5 Å². The number of nitrogens with zero attached hydrogens (tertiary/aromatic N) is 2. The Morgan fingerprint density at radius 3 is 2.95 bits per heavy atom. The summed E-state index contributed by atoms with van der Waals surface area (Å²) < 4.78 is 1.34. The Bertz CT molecular complexity index is 882. The molecule has 6 heteroatoms. The van der Waals surface area contributed by atoms with E-state index in [-0.39, 0.29) is 18.0 Å². The molecular formula is C16H15N3O2S. The second-order valence-corrected chi connectivity index (χ2v) is 5.91. The summed E-state index contributed by atoms with van der Waals surface area (Å²) in [7, 11) is 0. The quantitative estimate of drug-likeness (QED) is 0.802. The van der Waals surface area contributed by atoms with Gasteiger partial charge < -0.3 is 5.32 Å². The van der Waals surface area contributed by atoms with Gasteiger partial charge in [-0.25, -0.2) is 4.98 Å². The number of aryl methyl sites for hydroxylation is 1. The third-order valence-corrected chi connectivity index (χ3v) is 4.32. The smallest absolute Gasteiger partial charge is 0.262 e. The topological polar surface area (TPSA) is 64.0 Å². The van der Waals surface area contributed by atoms with Gasteiger partial charge in [-0.1, -0.05) is 24.3 Å². The molecule has 2 aromatic heterocycles. The molecule has 2 heterocycles. The number of carbonyl (C=O) groups is 1. The average Bonchev–Trinajstić information content (AvgIpc) is 2.99. The van der Waals surface area contributed by atoms with Crippen LogP contribution in [0.15, 0.2) is 46.8 Å². The van der Waals surface area contributed by atoms with Crippen LogP contribution in [0.3, 0.4) is 0 Å². The number of fused-ring (bicyclic) bond motifs is 1. The predicted molar refractivity (Wildman–Crippen MR) is 86.9 cm³/mol. The number of rotatable bonds is 4. The van der Waals surface area contributed by atoms with Crippen LogP contribution in [0, 0.1) is 6.92 Å². The van der Waals surface area contributed by atoms with E-state index in [0.717, 1.165) is 11.1 Å². The van der Waals surface area contributed by atoms with Crippen molar-refractivity contribution in [1.29, 1.82) is 0 Å². The minimum atomic E-state index is -0.207. The summed E-state index contributed by atoms with van der Waals surface area (Å²) in [5, 5.41) is 5.21. The van der Waals surface area contributed by atoms with Crippen LogP contribution in [0.4, 0.5) is 0 Å². The molecule has 0 atom stereocenters. The second-order valence-electron chi connectivity index (χ2n) is 5.02. The van der Waals surface area contributed by atoms with Crippen molar-refractivity contribution in [3.63, 3.8) is 0 Å². The molecule has 0 saturated carbocycles. The lowest BCUT2D eigenvalue weighted by Crippen LogP contribution is -2.32. The maximum Gasteiger partial charge on any atom is 0.262 e. The minimum absolute atomic E-state index is 0.0243. The fourth-order valence-corrected chi connectivity index (χ4v) is 2.94. The number of aromatic nitrogens is 2. The Kier molecular flexibility index (Phi) is 4.02. The first-order chi connectivity index (χ1) is 10.6. The highest BCUT2D eigenvalue weighted by atomic mass is 32.1. The highest BCUT2D eigenvalue weighted by Crippen LogP contribution is 2.13. The van der Waals surface area contributed by atoms with E-state index < -0.39 is 0 Å². The number of nitrogens with one attached hydrogen (secondary N) is 1. The lowest BCUT2D eigenvalue weighted by Gasteiger charge is -2.09. The molecule has 1 aromatic carbocycles. The van der Waals surface area contributed by atoms with E-state index in [9.17, 15) is 9.59 Å². The normalized spacial score (nSPS) is 10.8. The van der Waals surface area contributed by atoms with Crippen molar-refractivity contribution in [2.75, 3.05) is 0 Å². The third kappa shape index (κ3) is 2.92. The van der Waals surface area contributed by atoms with E-state index in [1.165, 1.54) is 22.2 Å². The highest BCUT2D eigenvalue weighted by molar-refractivity contribution is 7.16. The fourth-order valence-electron chi connectivity index (χ4n) is 2.22. The fraction of sp³-hybridized carbons (Fsp3) is 0.188. The summed E-state index contributed by atoms with van der Waals surface area (Å²) in [6.45, 7) is 2.43. The van der Waals surface area contributed by atoms with Gasteiger partial charge in [-0.15, -0.1) is 11.3 Å². The molecule has 0 unspecified atom stereocenters. The van der Waals surface area contributed by atoms with E-state index >= 15 is 0 Å². The van der Waals surface area contributed by atoms with Crippen LogP contribution < -0.4 is 10.9 Å². The van der Waals surface area contributed by atoms with Gasteiger partial charge in [-0.2, -0.15) is 0 Å². The van der Waals surface area contributed by atoms with Gasteiger partial charge in [0.05, 0.1) is 11.7 Å². The Morgan fingerprint density at radius 2 is 2.14 bits per heavy atom. The van der Waals surface area contributed by atoms with Crippen LogP contribution >= 0.6 is 11.3 Å². The van der Waals surface area contributed by atoms with Crippen LogP contribution in [-0.2, 0) is 17.9 Å². The molecule has 0 saturated heterocycles. The second kappa shape index (κ2) is 6.11. The third-order valence-electron chi connectivity index (χ3n) is 3.50. The van der Waals surface area contributed by atoms with Crippen molar-refractivity contribution in [2.24, 2.45) is 0 Å². The molecule has 0 bridgehead atoms. The summed E-state index contributed by atoms with van der Waals surface area (Å²) in [4.78, 5) is 29.1. The van der Waals surface area contributed by atoms with Gasteiger partial charge in [0.15, 0.2) is 0 Å². The van der Waals surface area contributed by atoms with Crippen LogP contribution in [0.1, 0.15) is 11.1 Å². The van der Waals surface area contributed by atoms with Crippen molar-refractivity contribution in [2.45, 2.75) is 20.0 Å². The predicted octanol–water partition coefficient (Wildman–Crippen LogP) is 2.08. The lowest BCUT2D eigenvalue weighted by molar-refractivity contribution is -0.121. The van der Waals surface area contributed by atoms with Crippen molar-refractivity contribution in [3.8, 4) is 0 Å². The highest BCUT2D eigenvalue weighted by Gasteiger charge is 2.09. The molecule has 112 valence electrons. The molecule has 22 heavy (non-hydrogen) atoms. The first-order valence-electron chi connectivity index (χ1n) is 6.89. The molecule has 0 fully saturated rings. The van der Waals surface area contributed by atoms with Gasteiger partial charge in [0.1, 0.15) is 11.4 Å². The van der Waals surface area contributed by atoms with Crippen molar-refractivity contribution in [1.82, 2.24) is 14.9 Å². The summed E-state index contributed by atoms with van der Waals surface area (Å²) in [6, 6.07) is 9.60. The van der Waals surface area contributed by atoms with Crippen LogP contribution in [0.25, 0.3) is 10.2 Å². The molecule has 1 N–H and O–H groups in total. The maximum atomic E-state index is 12.2. The molecule has 0 spiro atoms. The summed E-state index contributed by atoms with van der Waals surface area (Å²) in [5.41, 5.74) is 2.01. The number of amides is 1. The lowest BCUT2D eigenvalue weighted by atomic mass is 10.1. The number of carbonyl (C=O) groups excluding carboxylic acids is 1. The Morgan fingerprint density at radius 1 is 1.32 bits per heavy atom. The van der Waals surface area contributed by atoms with Gasteiger partial charge in [0.25, 0.3) is 5.56 Å². The number of benzene rings is 1. The van der Waals surface area contributed by atoms with E-state index in [1.54, 1.807) is 6.07 Å². The van der Waals surface area contributed by atoms with Gasteiger partial charge in [-0.05, 0) is 29.5 Å². The van der Waals surface area contributed by atoms with E-state index in [4.69, 9.17) is 0 Å². The summed E-state index contributed by atoms with van der Waals surface area (Å²) in [6.07, 6.45) is 1.43. The molecule has 5 nitrogen and oxygen atoms in total. The monoisotopic (exact) mass is 313 g/mol. The molecule has 0 aliphatic carbocycles. The Labute approximate surface area is 131 Å². The number of thiophene rings is 1. The first kappa shape index (κ1) is 14.5. The van der Waals surface area contributed by atoms with Crippen molar-refractivity contribution < 1.29 is 4.79 Å². The number of hydrogen-bond donors (Lipinski definition) is 1. The molecule has 3 aromatic rings. The zero-order valence-corrected chi connectivity index (χ0v) is 12.9. The SMILES string of the molecule is Cc1ccccc1CNC(=O)Cn1cnc2sccc2c1=O. The van der Waals surface area contributed by atoms with E-state index in [1.807, 2.05) is 36.6 Å². The van der Waals surface area contributed by atoms with Crippen molar-refractivity contribution >= 4 is 27.5 Å². The molecular weight excluding hydrogens is 298 g/mol. The Balaban J connectivity index is 1.70. The standard InChI is InChI=1S/C16H15N3O2S/c1-11-4-2-3-5-12(11)8-17-14(20)9-19-10-18-15-13(16(19)21)6-7-22-15/h2-7,10H,8-9H2,1H3,(H,17,20).